The van der Waals surface area contributed by atoms with E-state index in [0.29, 0.717) is 19.6 Å². The number of methoxy groups -OCH3 is 1. The van der Waals surface area contributed by atoms with E-state index in [4.69, 9.17) is 4.74 Å². The number of nitrogens with one attached hydrogen (secondary N) is 2. The van der Waals surface area contributed by atoms with Crippen LogP contribution in [0.1, 0.15) is 50.4 Å². The summed E-state index contributed by atoms with van der Waals surface area (Å²) in [4.78, 5) is 33.2. The van der Waals surface area contributed by atoms with Crippen LogP contribution in [0.2, 0.25) is 0 Å². The molecule has 3 aliphatic rings. The number of aromatic amines is 1. The fraction of sp³-hybridized carbons (Fsp3) is 0.583. The van der Waals surface area contributed by atoms with Gasteiger partial charge in [0.1, 0.15) is 5.75 Å². The minimum Gasteiger partial charge on any atom is -0.497 e. The number of rotatable bonds is 4. The fourth-order valence-electron chi connectivity index (χ4n) is 5.55. The number of fused-ring (bicyclic) bond motifs is 4. The molecule has 1 saturated carbocycles. The predicted octanol–water partition coefficient (Wildman–Crippen LogP) is 2.52. The summed E-state index contributed by atoms with van der Waals surface area (Å²) in [5, 5.41) is 14.4. The van der Waals surface area contributed by atoms with Gasteiger partial charge in [-0.2, -0.15) is 0 Å². The lowest BCUT2D eigenvalue weighted by atomic mass is 9.68. The van der Waals surface area contributed by atoms with Crippen LogP contribution in [0, 0.1) is 5.92 Å². The van der Waals surface area contributed by atoms with Crippen molar-refractivity contribution in [3.8, 4) is 5.75 Å². The highest BCUT2D eigenvalue weighted by molar-refractivity contribution is 5.90. The van der Waals surface area contributed by atoms with Gasteiger partial charge in [-0.3, -0.25) is 4.79 Å². The first-order valence-electron chi connectivity index (χ1n) is 11.5. The lowest BCUT2D eigenvalue weighted by Crippen LogP contribution is -2.69. The van der Waals surface area contributed by atoms with Crippen molar-refractivity contribution in [3.63, 3.8) is 0 Å². The zero-order valence-corrected chi connectivity index (χ0v) is 19.0. The van der Waals surface area contributed by atoms with Crippen LogP contribution in [0.4, 0.5) is 4.79 Å². The Morgan fingerprint density at radius 3 is 2.62 bits per heavy atom. The van der Waals surface area contributed by atoms with Crippen LogP contribution in [0.3, 0.4) is 0 Å². The molecule has 1 aromatic carbocycles. The van der Waals surface area contributed by atoms with Crippen LogP contribution in [-0.4, -0.2) is 71.2 Å². The number of ether oxygens (including phenoxy) is 1. The molecule has 172 valence electrons. The molecule has 8 heteroatoms. The SMILES string of the molecule is COc1ccc2c3c([nH]c2c1)[C@H](CO)N(C(=O)C1CCC1)CC31CN(C(=O)NC(C)C)C1. The van der Waals surface area contributed by atoms with Crippen molar-refractivity contribution in [3.05, 3.63) is 29.5 Å². The van der Waals surface area contributed by atoms with Crippen molar-refractivity contribution in [2.45, 2.75) is 50.6 Å². The van der Waals surface area contributed by atoms with Gasteiger partial charge in [-0.05, 0) is 44.4 Å². The van der Waals surface area contributed by atoms with Crippen molar-refractivity contribution in [1.29, 1.82) is 0 Å². The quantitative estimate of drug-likeness (QED) is 0.681. The zero-order chi connectivity index (χ0) is 22.6. The summed E-state index contributed by atoms with van der Waals surface area (Å²) < 4.78 is 5.40. The molecular weight excluding hydrogens is 408 g/mol. The van der Waals surface area contributed by atoms with E-state index >= 15 is 0 Å². The highest BCUT2D eigenvalue weighted by atomic mass is 16.5. The number of likely N-dealkylation sites (tertiary alicyclic amines) is 1. The van der Waals surface area contributed by atoms with Crippen molar-refractivity contribution >= 4 is 22.8 Å². The molecule has 5 rings (SSSR count). The number of aliphatic hydroxyl groups is 1. The van der Waals surface area contributed by atoms with Crippen LogP contribution in [0.25, 0.3) is 10.9 Å². The summed E-state index contributed by atoms with van der Waals surface area (Å²) >= 11 is 0. The Labute approximate surface area is 187 Å². The van der Waals surface area contributed by atoms with Crippen LogP contribution in [0.5, 0.6) is 5.75 Å². The Balaban J connectivity index is 1.57. The Kier molecular flexibility index (Phi) is 5.08. The number of nitrogens with zero attached hydrogens (tertiary/aromatic N) is 2. The molecule has 0 bridgehead atoms. The Bertz CT molecular complexity index is 1050. The second kappa shape index (κ2) is 7.69. The number of carbonyl (C=O) groups excluding carboxylic acids is 2. The highest BCUT2D eigenvalue weighted by Crippen LogP contribution is 2.49. The highest BCUT2D eigenvalue weighted by Gasteiger charge is 2.55. The molecule has 3 amide bonds. The minimum atomic E-state index is -0.402. The monoisotopic (exact) mass is 440 g/mol. The third-order valence-corrected chi connectivity index (χ3v) is 7.34. The number of hydrogen-bond donors (Lipinski definition) is 3. The molecule has 1 aliphatic carbocycles. The molecule has 2 aliphatic heterocycles. The first-order chi connectivity index (χ1) is 15.4. The third-order valence-electron chi connectivity index (χ3n) is 7.34. The lowest BCUT2D eigenvalue weighted by Gasteiger charge is -2.56. The largest absolute Gasteiger partial charge is 0.497 e. The minimum absolute atomic E-state index is 0.0486. The first-order valence-corrected chi connectivity index (χ1v) is 11.5. The number of aromatic nitrogens is 1. The molecule has 8 nitrogen and oxygen atoms in total. The van der Waals surface area contributed by atoms with Gasteiger partial charge < -0.3 is 29.9 Å². The average Bonchev–Trinajstić information content (AvgIpc) is 3.07. The number of carbonyl (C=O) groups is 2. The van der Waals surface area contributed by atoms with E-state index in [1.54, 1.807) is 7.11 Å². The van der Waals surface area contributed by atoms with Crippen LogP contribution >= 0.6 is 0 Å². The van der Waals surface area contributed by atoms with Gasteiger partial charge in [-0.25, -0.2) is 4.79 Å². The van der Waals surface area contributed by atoms with Gasteiger partial charge in [0.15, 0.2) is 0 Å². The van der Waals surface area contributed by atoms with Gasteiger partial charge in [0.05, 0.1) is 25.2 Å². The normalized spacial score (nSPS) is 22.0. The van der Waals surface area contributed by atoms with E-state index in [-0.39, 0.29) is 35.9 Å². The summed E-state index contributed by atoms with van der Waals surface area (Å²) in [5.41, 5.74) is 2.59. The molecule has 2 fully saturated rings. The number of amides is 3. The topological polar surface area (TPSA) is 97.9 Å². The van der Waals surface area contributed by atoms with Crippen LogP contribution in [0.15, 0.2) is 18.2 Å². The summed E-state index contributed by atoms with van der Waals surface area (Å²) in [6.45, 7) is 5.37. The number of H-pyrrole nitrogens is 1. The van der Waals surface area contributed by atoms with Crippen LogP contribution in [-0.2, 0) is 10.2 Å². The van der Waals surface area contributed by atoms with Gasteiger partial charge in [-0.15, -0.1) is 0 Å². The summed E-state index contributed by atoms with van der Waals surface area (Å²) in [7, 11) is 1.64. The van der Waals surface area contributed by atoms with Gasteiger partial charge in [-0.1, -0.05) is 6.42 Å². The van der Waals surface area contributed by atoms with Gasteiger partial charge >= 0.3 is 6.03 Å². The Morgan fingerprint density at radius 2 is 2.03 bits per heavy atom. The smallest absolute Gasteiger partial charge is 0.317 e. The lowest BCUT2D eigenvalue weighted by molar-refractivity contribution is -0.145. The number of hydrogen-bond acceptors (Lipinski definition) is 4. The zero-order valence-electron chi connectivity index (χ0n) is 19.0. The molecular formula is C24H32N4O4. The molecule has 3 heterocycles. The fourth-order valence-corrected chi connectivity index (χ4v) is 5.55. The molecule has 32 heavy (non-hydrogen) atoms. The maximum absolute atomic E-state index is 13.4. The predicted molar refractivity (Wildman–Crippen MR) is 121 cm³/mol. The second-order valence-corrected chi connectivity index (χ2v) is 9.86. The van der Waals surface area contributed by atoms with Crippen molar-refractivity contribution in [2.24, 2.45) is 5.92 Å². The molecule has 1 spiro atoms. The van der Waals surface area contributed by atoms with Crippen molar-refractivity contribution < 1.29 is 19.4 Å². The summed E-state index contributed by atoms with van der Waals surface area (Å²) in [6, 6.07) is 5.52. The standard InChI is InChI=1S/C24H32N4O4/c1-14(2)25-23(31)27-11-24(12-27)13-28(22(30)15-5-4-6-15)19(10-29)21-20(24)17-8-7-16(32-3)9-18(17)26-21/h7-9,14-15,19,26,29H,4-6,10-13H2,1-3H3,(H,25,31)/t19-/m0/s1. The van der Waals surface area contributed by atoms with Crippen LogP contribution < -0.4 is 10.1 Å². The average molecular weight is 441 g/mol. The van der Waals surface area contributed by atoms with Gasteiger partial charge in [0, 0.05) is 54.3 Å². The number of urea groups is 1. The Morgan fingerprint density at radius 1 is 1.28 bits per heavy atom. The molecule has 2 aromatic rings. The first kappa shape index (κ1) is 21.1. The molecule has 1 saturated heterocycles. The number of benzene rings is 1. The Hall–Kier alpha value is -2.74. The number of aliphatic hydroxyl groups excluding tert-OH is 1. The van der Waals surface area contributed by atoms with Crippen molar-refractivity contribution in [2.75, 3.05) is 33.4 Å². The maximum atomic E-state index is 13.4. The van der Waals surface area contributed by atoms with E-state index in [1.807, 2.05) is 41.8 Å². The van der Waals surface area contributed by atoms with E-state index in [9.17, 15) is 14.7 Å². The van der Waals surface area contributed by atoms with Crippen molar-refractivity contribution in [1.82, 2.24) is 20.1 Å². The van der Waals surface area contributed by atoms with E-state index in [0.717, 1.165) is 47.2 Å². The third kappa shape index (κ3) is 3.15. The second-order valence-electron chi connectivity index (χ2n) is 9.86. The molecule has 0 radical (unpaired) electrons. The van der Waals surface area contributed by atoms with Gasteiger partial charge in [0.25, 0.3) is 0 Å². The maximum Gasteiger partial charge on any atom is 0.317 e. The molecule has 3 N–H and O–H groups in total. The molecule has 0 unspecified atom stereocenters. The van der Waals surface area contributed by atoms with Gasteiger partial charge in [0.2, 0.25) is 5.91 Å². The van der Waals surface area contributed by atoms with E-state index < -0.39 is 6.04 Å². The van der Waals surface area contributed by atoms with E-state index in [1.165, 1.54) is 0 Å². The summed E-state index contributed by atoms with van der Waals surface area (Å²) in [6.07, 6.45) is 2.92. The van der Waals surface area contributed by atoms with E-state index in [2.05, 4.69) is 10.3 Å². The summed E-state index contributed by atoms with van der Waals surface area (Å²) in [5.74, 6) is 0.925. The molecule has 1 aromatic heterocycles. The molecule has 1 atom stereocenters.